The van der Waals surface area contributed by atoms with Crippen molar-refractivity contribution < 1.29 is 4.79 Å². The zero-order valence-electron chi connectivity index (χ0n) is 12.5. The van der Waals surface area contributed by atoms with E-state index in [1.165, 1.54) is 0 Å². The van der Waals surface area contributed by atoms with Gasteiger partial charge in [0, 0.05) is 36.3 Å². The summed E-state index contributed by atoms with van der Waals surface area (Å²) < 4.78 is 2.00. The van der Waals surface area contributed by atoms with E-state index in [2.05, 4.69) is 28.7 Å². The molecule has 0 bridgehead atoms. The van der Waals surface area contributed by atoms with E-state index in [0.717, 1.165) is 37.0 Å². The zero-order valence-corrected chi connectivity index (χ0v) is 12.5. The van der Waals surface area contributed by atoms with Crippen LogP contribution in [0.25, 0.3) is 5.52 Å². The van der Waals surface area contributed by atoms with Crippen molar-refractivity contribution in [3.05, 3.63) is 30.6 Å². The van der Waals surface area contributed by atoms with Crippen molar-refractivity contribution in [1.29, 1.82) is 0 Å². The number of aromatic nitrogens is 3. The lowest BCUT2D eigenvalue weighted by Crippen LogP contribution is -2.42. The molecule has 21 heavy (non-hydrogen) atoms. The number of nitrogens with zero attached hydrogens (tertiary/aromatic N) is 4. The van der Waals surface area contributed by atoms with Crippen LogP contribution in [0.2, 0.25) is 0 Å². The Bertz CT molecular complexity index is 705. The Balaban J connectivity index is 1.65. The second-order valence-electron chi connectivity index (χ2n) is 6.97. The van der Waals surface area contributed by atoms with Crippen LogP contribution in [0, 0.1) is 5.41 Å². The van der Waals surface area contributed by atoms with Gasteiger partial charge in [0.15, 0.2) is 0 Å². The molecular weight excluding hydrogens is 264 g/mol. The van der Waals surface area contributed by atoms with Crippen molar-refractivity contribution in [3.63, 3.8) is 0 Å². The number of carbonyl (C=O) groups excluding carboxylic acids is 1. The molecule has 5 nitrogen and oxygen atoms in total. The Kier molecular flexibility index (Phi) is 2.62. The smallest absolute Gasteiger partial charge is 0.228 e. The summed E-state index contributed by atoms with van der Waals surface area (Å²) in [5.74, 6) is 0.632. The van der Waals surface area contributed by atoms with Crippen molar-refractivity contribution in [1.82, 2.24) is 19.3 Å². The Hall–Kier alpha value is -1.91. The molecule has 2 aromatic heterocycles. The predicted octanol–water partition coefficient (Wildman–Crippen LogP) is 2.23. The molecule has 0 saturated carbocycles. The molecule has 2 fully saturated rings. The first kappa shape index (κ1) is 12.8. The number of hydrogen-bond acceptors (Lipinski definition) is 3. The van der Waals surface area contributed by atoms with Crippen LogP contribution in [-0.4, -0.2) is 37.8 Å². The van der Waals surface area contributed by atoms with Gasteiger partial charge in [-0.3, -0.25) is 9.78 Å². The molecule has 0 spiro atoms. The fraction of sp³-hybridized carbons (Fsp3) is 0.562. The first-order valence-electron chi connectivity index (χ1n) is 7.64. The van der Waals surface area contributed by atoms with Crippen LogP contribution in [-0.2, 0) is 4.79 Å². The number of hydrogen-bond donors (Lipinski definition) is 0. The van der Waals surface area contributed by atoms with Crippen LogP contribution in [0.4, 0.5) is 0 Å². The summed E-state index contributed by atoms with van der Waals surface area (Å²) in [4.78, 5) is 23.4. The normalized spacial score (nSPS) is 28.1. The topological polar surface area (TPSA) is 50.5 Å². The molecule has 0 radical (unpaired) electrons. The molecular formula is C16H20N4O. The van der Waals surface area contributed by atoms with Crippen LogP contribution >= 0.6 is 0 Å². The number of amides is 1. The summed E-state index contributed by atoms with van der Waals surface area (Å²) in [7, 11) is 0. The van der Waals surface area contributed by atoms with E-state index in [0.29, 0.717) is 17.9 Å². The van der Waals surface area contributed by atoms with E-state index in [-0.39, 0.29) is 5.41 Å². The maximum absolute atomic E-state index is 12.5. The number of piperidine rings is 1. The number of fused-ring (bicyclic) bond motifs is 2. The lowest BCUT2D eigenvalue weighted by atomic mass is 9.86. The molecule has 0 aromatic carbocycles. The Morgan fingerprint density at radius 2 is 2.19 bits per heavy atom. The molecule has 1 amide bonds. The van der Waals surface area contributed by atoms with Crippen molar-refractivity contribution in [2.24, 2.45) is 5.41 Å². The number of rotatable bonds is 1. The van der Waals surface area contributed by atoms with Crippen molar-refractivity contribution >= 4 is 11.4 Å². The van der Waals surface area contributed by atoms with Gasteiger partial charge in [-0.1, -0.05) is 13.8 Å². The van der Waals surface area contributed by atoms with Gasteiger partial charge in [0.25, 0.3) is 0 Å². The third-order valence-corrected chi connectivity index (χ3v) is 5.05. The molecule has 2 aliphatic rings. The maximum atomic E-state index is 12.5. The molecule has 4 rings (SSSR count). The molecule has 0 N–H and O–H groups in total. The quantitative estimate of drug-likeness (QED) is 0.807. The van der Waals surface area contributed by atoms with Gasteiger partial charge < -0.3 is 9.30 Å². The van der Waals surface area contributed by atoms with Gasteiger partial charge >= 0.3 is 0 Å². The molecule has 2 atom stereocenters. The minimum atomic E-state index is -0.197. The third kappa shape index (κ3) is 1.87. The van der Waals surface area contributed by atoms with E-state index >= 15 is 0 Å². The first-order chi connectivity index (χ1) is 10.1. The molecule has 0 aliphatic carbocycles. The molecule has 2 aromatic rings. The van der Waals surface area contributed by atoms with Crippen molar-refractivity contribution in [3.8, 4) is 0 Å². The Morgan fingerprint density at radius 1 is 1.33 bits per heavy atom. The van der Waals surface area contributed by atoms with E-state index < -0.39 is 0 Å². The third-order valence-electron chi connectivity index (χ3n) is 5.05. The van der Waals surface area contributed by atoms with Crippen LogP contribution in [0.1, 0.15) is 44.7 Å². The van der Waals surface area contributed by atoms with Gasteiger partial charge in [-0.15, -0.1) is 0 Å². The van der Waals surface area contributed by atoms with Crippen molar-refractivity contribution in [2.45, 2.75) is 45.1 Å². The average Bonchev–Trinajstić information content (AvgIpc) is 2.99. The molecule has 2 aliphatic heterocycles. The number of carbonyl (C=O) groups is 1. The Morgan fingerprint density at radius 3 is 3.05 bits per heavy atom. The van der Waals surface area contributed by atoms with Gasteiger partial charge in [-0.2, -0.15) is 0 Å². The molecule has 110 valence electrons. The van der Waals surface area contributed by atoms with Gasteiger partial charge in [0.1, 0.15) is 0 Å². The van der Waals surface area contributed by atoms with Gasteiger partial charge in [-0.25, -0.2) is 4.98 Å². The van der Waals surface area contributed by atoms with Gasteiger partial charge in [0.05, 0.1) is 23.7 Å². The SMILES string of the molecule is CC1(C)CC2CCC(c3ncn4ccncc34)CN2C1=O. The van der Waals surface area contributed by atoms with Crippen LogP contribution in [0.3, 0.4) is 0 Å². The second kappa shape index (κ2) is 4.29. The minimum absolute atomic E-state index is 0.197. The summed E-state index contributed by atoms with van der Waals surface area (Å²) in [6.07, 6.45) is 10.6. The standard InChI is InChI=1S/C16H20N4O/c1-16(2)7-12-4-3-11(9-20(12)15(16)21)14-13-8-17-5-6-19(13)10-18-14/h5-6,8,10-12H,3-4,7,9H2,1-2H3. The van der Waals surface area contributed by atoms with E-state index in [4.69, 9.17) is 0 Å². The monoisotopic (exact) mass is 284 g/mol. The average molecular weight is 284 g/mol. The van der Waals surface area contributed by atoms with E-state index in [1.54, 1.807) is 6.20 Å². The first-order valence-corrected chi connectivity index (χ1v) is 7.64. The fourth-order valence-corrected chi connectivity index (χ4v) is 3.95. The van der Waals surface area contributed by atoms with Crippen LogP contribution < -0.4 is 0 Å². The summed E-state index contributed by atoms with van der Waals surface area (Å²) in [6, 6.07) is 0.427. The highest BCUT2D eigenvalue weighted by Gasteiger charge is 2.47. The highest BCUT2D eigenvalue weighted by atomic mass is 16.2. The summed E-state index contributed by atoms with van der Waals surface area (Å²) in [5, 5.41) is 0. The molecule has 2 saturated heterocycles. The zero-order chi connectivity index (χ0) is 14.6. The fourth-order valence-electron chi connectivity index (χ4n) is 3.95. The van der Waals surface area contributed by atoms with Crippen LogP contribution in [0.5, 0.6) is 0 Å². The summed E-state index contributed by atoms with van der Waals surface area (Å²) >= 11 is 0. The summed E-state index contributed by atoms with van der Waals surface area (Å²) in [5.41, 5.74) is 1.95. The van der Waals surface area contributed by atoms with E-state index in [1.807, 2.05) is 23.1 Å². The molecule has 2 unspecified atom stereocenters. The van der Waals surface area contributed by atoms with Gasteiger partial charge in [-0.05, 0) is 19.3 Å². The highest BCUT2D eigenvalue weighted by Crippen LogP contribution is 2.43. The predicted molar refractivity (Wildman–Crippen MR) is 78.9 cm³/mol. The maximum Gasteiger partial charge on any atom is 0.228 e. The lowest BCUT2D eigenvalue weighted by molar-refractivity contribution is -0.136. The number of imidazole rings is 1. The highest BCUT2D eigenvalue weighted by molar-refractivity contribution is 5.84. The largest absolute Gasteiger partial charge is 0.339 e. The Labute approximate surface area is 124 Å². The van der Waals surface area contributed by atoms with E-state index in [9.17, 15) is 4.79 Å². The minimum Gasteiger partial charge on any atom is -0.339 e. The summed E-state index contributed by atoms with van der Waals surface area (Å²) in [6.45, 7) is 4.94. The molecule has 5 heteroatoms. The lowest BCUT2D eigenvalue weighted by Gasteiger charge is -2.34. The van der Waals surface area contributed by atoms with Gasteiger partial charge in [0.2, 0.25) is 5.91 Å². The second-order valence-corrected chi connectivity index (χ2v) is 6.97. The van der Waals surface area contributed by atoms with Crippen LogP contribution in [0.15, 0.2) is 24.9 Å². The van der Waals surface area contributed by atoms with Crippen molar-refractivity contribution in [2.75, 3.05) is 6.54 Å². The molecule has 4 heterocycles.